The van der Waals surface area contributed by atoms with Crippen molar-refractivity contribution >= 4 is 11.5 Å². The second kappa shape index (κ2) is 3.62. The minimum absolute atomic E-state index is 0. The summed E-state index contributed by atoms with van der Waals surface area (Å²) in [5, 5.41) is 0. The van der Waals surface area contributed by atoms with Gasteiger partial charge in [-0.1, -0.05) is 18.2 Å². The summed E-state index contributed by atoms with van der Waals surface area (Å²) < 4.78 is 0. The average molecular weight is 208 g/mol. The van der Waals surface area contributed by atoms with Gasteiger partial charge >= 0.3 is 0 Å². The van der Waals surface area contributed by atoms with E-state index < -0.39 is 0 Å². The van der Waals surface area contributed by atoms with Gasteiger partial charge in [-0.3, -0.25) is 0 Å². The lowest BCUT2D eigenvalue weighted by Gasteiger charge is -2.24. The quantitative estimate of drug-likeness (QED) is 0.551. The minimum atomic E-state index is 0. The predicted molar refractivity (Wildman–Crippen MR) is 53.2 cm³/mol. The average Bonchev–Trinajstić information content (AvgIpc) is 2.61. The highest BCUT2D eigenvalue weighted by Crippen LogP contribution is 2.29. The summed E-state index contributed by atoms with van der Waals surface area (Å²) in [5.74, 6) is 1.29. The molecule has 2 aliphatic rings. The third-order valence-corrected chi connectivity index (χ3v) is 2.80. The van der Waals surface area contributed by atoms with Gasteiger partial charge in [0.1, 0.15) is 5.84 Å². The summed E-state index contributed by atoms with van der Waals surface area (Å²) in [6.07, 6.45) is 2.43. The second-order valence-electron chi connectivity index (χ2n) is 3.68. The number of fused-ring (bicyclic) bond motifs is 2. The monoisotopic (exact) mass is 207 g/mol. The zero-order valence-electron chi connectivity index (χ0n) is 7.91. The predicted octanol–water partition coefficient (Wildman–Crippen LogP) is -0.670. The second-order valence-corrected chi connectivity index (χ2v) is 3.68. The number of halogens is 1. The lowest BCUT2D eigenvalue weighted by molar-refractivity contribution is -0.00000268. The fraction of sp³-hybridized carbons (Fsp3) is 0.364. The molecule has 14 heavy (non-hydrogen) atoms. The lowest BCUT2D eigenvalue weighted by atomic mass is 10.1. The molecule has 0 spiro atoms. The number of para-hydroxylation sites is 1. The van der Waals surface area contributed by atoms with E-state index in [0.29, 0.717) is 0 Å². The van der Waals surface area contributed by atoms with Crippen LogP contribution in [0.25, 0.3) is 0 Å². The van der Waals surface area contributed by atoms with Crippen LogP contribution < -0.4 is 12.4 Å². The molecule has 0 aliphatic carbocycles. The summed E-state index contributed by atoms with van der Waals surface area (Å²) in [4.78, 5) is 7.04. The Morgan fingerprint density at radius 3 is 3.00 bits per heavy atom. The van der Waals surface area contributed by atoms with E-state index >= 15 is 0 Å². The van der Waals surface area contributed by atoms with E-state index in [1.807, 2.05) is 0 Å². The van der Waals surface area contributed by atoms with Gasteiger partial charge in [-0.25, -0.2) is 4.99 Å². The van der Waals surface area contributed by atoms with Crippen LogP contribution in [0.4, 0.5) is 5.69 Å². The molecule has 1 fully saturated rings. The maximum Gasteiger partial charge on any atom is 0.105 e. The number of benzene rings is 1. The van der Waals surface area contributed by atoms with Gasteiger partial charge in [0.2, 0.25) is 0 Å². The topological polar surface area (TPSA) is 15.6 Å². The zero-order chi connectivity index (χ0) is 8.67. The molecule has 2 aliphatic heterocycles. The molecule has 0 atom stereocenters. The number of rotatable bonds is 0. The Hall–Kier alpha value is -1.02. The van der Waals surface area contributed by atoms with Crippen molar-refractivity contribution in [2.45, 2.75) is 19.4 Å². The van der Waals surface area contributed by atoms with Crippen molar-refractivity contribution in [1.29, 1.82) is 0 Å². The molecular formula is C11H12ClN2-. The van der Waals surface area contributed by atoms with Crippen molar-refractivity contribution in [2.75, 3.05) is 6.54 Å². The van der Waals surface area contributed by atoms with Crippen LogP contribution in [0.3, 0.4) is 0 Å². The molecule has 0 unspecified atom stereocenters. The highest BCUT2D eigenvalue weighted by molar-refractivity contribution is 5.88. The SMILES string of the molecule is [Cl-].c1ccc2c(c1)CN1CCCC1=N2. The van der Waals surface area contributed by atoms with Gasteiger partial charge in [-0.15, -0.1) is 0 Å². The van der Waals surface area contributed by atoms with Crippen molar-refractivity contribution in [1.82, 2.24) is 4.90 Å². The van der Waals surface area contributed by atoms with Crippen molar-refractivity contribution in [2.24, 2.45) is 4.99 Å². The van der Waals surface area contributed by atoms with E-state index in [4.69, 9.17) is 0 Å². The molecular weight excluding hydrogens is 196 g/mol. The fourth-order valence-electron chi connectivity index (χ4n) is 2.11. The Labute approximate surface area is 90.1 Å². The highest BCUT2D eigenvalue weighted by Gasteiger charge is 2.23. The van der Waals surface area contributed by atoms with Crippen molar-refractivity contribution < 1.29 is 12.4 Å². The highest BCUT2D eigenvalue weighted by atomic mass is 35.5. The Bertz CT molecular complexity index is 373. The van der Waals surface area contributed by atoms with Crippen LogP contribution in [0.1, 0.15) is 18.4 Å². The molecule has 74 valence electrons. The molecule has 0 radical (unpaired) electrons. The summed E-state index contributed by atoms with van der Waals surface area (Å²) in [7, 11) is 0. The minimum Gasteiger partial charge on any atom is -1.00 e. The molecule has 3 heteroatoms. The molecule has 0 saturated carbocycles. The Kier molecular flexibility index (Phi) is 2.46. The van der Waals surface area contributed by atoms with E-state index in [1.54, 1.807) is 0 Å². The summed E-state index contributed by atoms with van der Waals surface area (Å²) in [6.45, 7) is 2.25. The number of nitrogens with zero attached hydrogens (tertiary/aromatic N) is 2. The standard InChI is InChI=1S/C11H12N2.ClH/c1-2-5-10-9(4-1)8-13-7-3-6-11(13)12-10;/h1-2,4-5H,3,6-8H2;1H/p-1. The summed E-state index contributed by atoms with van der Waals surface area (Å²) in [6, 6.07) is 8.44. The van der Waals surface area contributed by atoms with E-state index in [2.05, 4.69) is 34.2 Å². The van der Waals surface area contributed by atoms with Crippen LogP contribution in [-0.2, 0) is 6.54 Å². The summed E-state index contributed by atoms with van der Waals surface area (Å²) in [5.41, 5.74) is 2.55. The third kappa shape index (κ3) is 1.40. The molecule has 2 nitrogen and oxygen atoms in total. The Balaban J connectivity index is 0.000000750. The van der Waals surface area contributed by atoms with E-state index in [9.17, 15) is 0 Å². The molecule has 1 saturated heterocycles. The van der Waals surface area contributed by atoms with Crippen molar-refractivity contribution in [3.8, 4) is 0 Å². The maximum absolute atomic E-state index is 4.65. The first kappa shape index (κ1) is 9.53. The van der Waals surface area contributed by atoms with Gasteiger partial charge in [0, 0.05) is 19.5 Å². The van der Waals surface area contributed by atoms with Crippen LogP contribution in [0.15, 0.2) is 29.3 Å². The molecule has 2 heterocycles. The first-order chi connectivity index (χ1) is 6.43. The van der Waals surface area contributed by atoms with Gasteiger partial charge in [0.25, 0.3) is 0 Å². The molecule has 0 amide bonds. The van der Waals surface area contributed by atoms with Crippen LogP contribution >= 0.6 is 0 Å². The number of hydrogen-bond donors (Lipinski definition) is 0. The molecule has 0 bridgehead atoms. The van der Waals surface area contributed by atoms with Gasteiger partial charge in [-0.05, 0) is 18.1 Å². The van der Waals surface area contributed by atoms with Crippen LogP contribution in [0.5, 0.6) is 0 Å². The third-order valence-electron chi connectivity index (χ3n) is 2.80. The molecule has 1 aromatic rings. The Morgan fingerprint density at radius 1 is 1.21 bits per heavy atom. The van der Waals surface area contributed by atoms with Crippen LogP contribution in [-0.4, -0.2) is 17.3 Å². The number of hydrogen-bond acceptors (Lipinski definition) is 2. The summed E-state index contributed by atoms with van der Waals surface area (Å²) >= 11 is 0. The van der Waals surface area contributed by atoms with Gasteiger partial charge in [-0.2, -0.15) is 0 Å². The molecule has 0 N–H and O–H groups in total. The van der Waals surface area contributed by atoms with Gasteiger partial charge in [0.05, 0.1) is 5.69 Å². The number of amidine groups is 1. The molecule has 1 aromatic carbocycles. The van der Waals surface area contributed by atoms with Crippen molar-refractivity contribution in [3.05, 3.63) is 29.8 Å². The van der Waals surface area contributed by atoms with Crippen LogP contribution in [0.2, 0.25) is 0 Å². The van der Waals surface area contributed by atoms with E-state index in [1.165, 1.54) is 30.1 Å². The normalized spacial score (nSPS) is 18.0. The number of aliphatic imine (C=N–C) groups is 1. The van der Waals surface area contributed by atoms with Crippen molar-refractivity contribution in [3.63, 3.8) is 0 Å². The first-order valence-electron chi connectivity index (χ1n) is 4.84. The van der Waals surface area contributed by atoms with E-state index in [-0.39, 0.29) is 12.4 Å². The van der Waals surface area contributed by atoms with Gasteiger partial charge < -0.3 is 17.3 Å². The first-order valence-corrected chi connectivity index (χ1v) is 4.84. The zero-order valence-corrected chi connectivity index (χ0v) is 8.67. The fourth-order valence-corrected chi connectivity index (χ4v) is 2.11. The smallest absolute Gasteiger partial charge is 0.105 e. The van der Waals surface area contributed by atoms with Crippen LogP contribution in [0, 0.1) is 0 Å². The Morgan fingerprint density at radius 2 is 2.07 bits per heavy atom. The van der Waals surface area contributed by atoms with E-state index in [0.717, 1.165) is 13.0 Å². The molecule has 3 rings (SSSR count). The molecule has 0 aromatic heterocycles. The largest absolute Gasteiger partial charge is 1.00 e. The lowest BCUT2D eigenvalue weighted by Crippen LogP contribution is -3.00. The van der Waals surface area contributed by atoms with Gasteiger partial charge in [0.15, 0.2) is 0 Å². The maximum atomic E-state index is 4.65.